The second-order valence-electron chi connectivity index (χ2n) is 6.03. The normalized spacial score (nSPS) is 13.7. The molecule has 0 heterocycles. The maximum atomic E-state index is 12.4. The van der Waals surface area contributed by atoms with Crippen LogP contribution in [0.15, 0.2) is 53.4 Å². The lowest BCUT2D eigenvalue weighted by Gasteiger charge is -2.21. The Morgan fingerprint density at radius 3 is 2.38 bits per heavy atom. The van der Waals surface area contributed by atoms with Crippen molar-refractivity contribution in [1.82, 2.24) is 5.32 Å². The Morgan fingerprint density at radius 1 is 1.19 bits per heavy atom. The minimum Gasteiger partial charge on any atom is -0.481 e. The molecule has 2 rings (SSSR count). The van der Waals surface area contributed by atoms with E-state index in [1.807, 2.05) is 6.92 Å². The molecule has 5 nitrogen and oxygen atoms in total. The van der Waals surface area contributed by atoms with Crippen molar-refractivity contribution in [3.8, 4) is 5.75 Å². The van der Waals surface area contributed by atoms with Gasteiger partial charge in [-0.3, -0.25) is 4.79 Å². The third kappa shape index (κ3) is 5.47. The number of nitrogens with one attached hydrogen (secondary N) is 1. The SMILES string of the molecule is CC[C@H](NC(=O)[C@@H](C)Oc1cccc(Cl)c1)c1ccc(S(C)(=O)=O)cc1. The molecule has 0 saturated carbocycles. The molecule has 140 valence electrons. The van der Waals surface area contributed by atoms with Gasteiger partial charge in [-0.25, -0.2) is 8.42 Å². The molecule has 1 amide bonds. The fourth-order valence-corrected chi connectivity index (χ4v) is 3.27. The zero-order valence-corrected chi connectivity index (χ0v) is 16.5. The van der Waals surface area contributed by atoms with Crippen LogP contribution >= 0.6 is 11.6 Å². The summed E-state index contributed by atoms with van der Waals surface area (Å²) in [7, 11) is -3.24. The minimum absolute atomic E-state index is 0.235. The van der Waals surface area contributed by atoms with Crippen LogP contribution in [-0.2, 0) is 14.6 Å². The zero-order chi connectivity index (χ0) is 19.3. The van der Waals surface area contributed by atoms with Crippen molar-refractivity contribution in [1.29, 1.82) is 0 Å². The van der Waals surface area contributed by atoms with E-state index in [4.69, 9.17) is 16.3 Å². The van der Waals surface area contributed by atoms with E-state index in [9.17, 15) is 13.2 Å². The monoisotopic (exact) mass is 395 g/mol. The van der Waals surface area contributed by atoms with Crippen molar-refractivity contribution in [2.45, 2.75) is 37.3 Å². The number of hydrogen-bond acceptors (Lipinski definition) is 4. The van der Waals surface area contributed by atoms with Gasteiger partial charge in [-0.1, -0.05) is 36.7 Å². The molecule has 7 heteroatoms. The maximum Gasteiger partial charge on any atom is 0.261 e. The van der Waals surface area contributed by atoms with Gasteiger partial charge in [0.15, 0.2) is 15.9 Å². The van der Waals surface area contributed by atoms with E-state index in [-0.39, 0.29) is 16.8 Å². The Hall–Kier alpha value is -2.05. The van der Waals surface area contributed by atoms with Gasteiger partial charge in [0, 0.05) is 11.3 Å². The van der Waals surface area contributed by atoms with E-state index >= 15 is 0 Å². The molecule has 2 aromatic carbocycles. The van der Waals surface area contributed by atoms with Gasteiger partial charge in [0.05, 0.1) is 10.9 Å². The number of benzene rings is 2. The minimum atomic E-state index is -3.24. The summed E-state index contributed by atoms with van der Waals surface area (Å²) in [5, 5.41) is 3.46. The Labute approximate surface area is 159 Å². The van der Waals surface area contributed by atoms with E-state index in [0.29, 0.717) is 17.2 Å². The zero-order valence-electron chi connectivity index (χ0n) is 14.9. The molecule has 0 bridgehead atoms. The molecular weight excluding hydrogens is 374 g/mol. The highest BCUT2D eigenvalue weighted by Crippen LogP contribution is 2.21. The number of rotatable bonds is 7. The van der Waals surface area contributed by atoms with Crippen LogP contribution in [0.5, 0.6) is 5.75 Å². The van der Waals surface area contributed by atoms with E-state index in [1.165, 1.54) is 0 Å². The first-order valence-electron chi connectivity index (χ1n) is 8.23. The van der Waals surface area contributed by atoms with E-state index in [2.05, 4.69) is 5.32 Å². The van der Waals surface area contributed by atoms with Gasteiger partial charge in [0.1, 0.15) is 5.75 Å². The molecule has 2 atom stereocenters. The first-order chi connectivity index (χ1) is 12.2. The average molecular weight is 396 g/mol. The summed E-state index contributed by atoms with van der Waals surface area (Å²) in [6.07, 6.45) is 1.13. The molecule has 26 heavy (non-hydrogen) atoms. The lowest BCUT2D eigenvalue weighted by atomic mass is 10.0. The van der Waals surface area contributed by atoms with Crippen molar-refractivity contribution < 1.29 is 17.9 Å². The van der Waals surface area contributed by atoms with E-state index in [0.717, 1.165) is 11.8 Å². The number of carbonyl (C=O) groups excluding carboxylic acids is 1. The summed E-state index contributed by atoms with van der Waals surface area (Å²) in [5.74, 6) is 0.259. The van der Waals surface area contributed by atoms with Gasteiger partial charge >= 0.3 is 0 Å². The largest absolute Gasteiger partial charge is 0.481 e. The van der Waals surface area contributed by atoms with Crippen molar-refractivity contribution >= 4 is 27.3 Å². The summed E-state index contributed by atoms with van der Waals surface area (Å²) < 4.78 is 28.7. The number of carbonyl (C=O) groups is 1. The summed E-state index contributed by atoms with van der Waals surface area (Å²) >= 11 is 5.92. The molecule has 0 aliphatic carbocycles. The van der Waals surface area contributed by atoms with E-state index < -0.39 is 15.9 Å². The summed E-state index contributed by atoms with van der Waals surface area (Å²) in [4.78, 5) is 12.7. The van der Waals surface area contributed by atoms with Crippen molar-refractivity contribution in [3.05, 3.63) is 59.1 Å². The van der Waals surface area contributed by atoms with E-state index in [1.54, 1.807) is 55.5 Å². The van der Waals surface area contributed by atoms with Gasteiger partial charge in [-0.2, -0.15) is 0 Å². The fraction of sp³-hybridized carbons (Fsp3) is 0.316. The third-order valence-corrected chi connectivity index (χ3v) is 5.28. The molecule has 0 saturated heterocycles. The molecule has 2 aromatic rings. The first kappa shape index (κ1) is 20.3. The first-order valence-corrected chi connectivity index (χ1v) is 10.5. The molecule has 1 N–H and O–H groups in total. The van der Waals surface area contributed by atoms with Crippen LogP contribution in [0.1, 0.15) is 31.9 Å². The van der Waals surface area contributed by atoms with Crippen molar-refractivity contribution in [3.63, 3.8) is 0 Å². The van der Waals surface area contributed by atoms with Gasteiger partial charge in [0.2, 0.25) is 0 Å². The lowest BCUT2D eigenvalue weighted by Crippen LogP contribution is -2.38. The summed E-state index contributed by atoms with van der Waals surface area (Å²) in [6.45, 7) is 3.60. The lowest BCUT2D eigenvalue weighted by molar-refractivity contribution is -0.128. The molecule has 0 unspecified atom stereocenters. The predicted octanol–water partition coefficient (Wildman–Crippen LogP) is 3.78. The van der Waals surface area contributed by atoms with Crippen LogP contribution in [0.3, 0.4) is 0 Å². The van der Waals surface area contributed by atoms with Crippen LogP contribution in [0.2, 0.25) is 5.02 Å². The Balaban J connectivity index is 2.05. The quantitative estimate of drug-likeness (QED) is 0.774. The summed E-state index contributed by atoms with van der Waals surface area (Å²) in [6, 6.07) is 13.1. The highest BCUT2D eigenvalue weighted by Gasteiger charge is 2.20. The van der Waals surface area contributed by atoms with Crippen LogP contribution in [0.25, 0.3) is 0 Å². The van der Waals surface area contributed by atoms with Gasteiger partial charge < -0.3 is 10.1 Å². The van der Waals surface area contributed by atoms with Gasteiger partial charge in [-0.15, -0.1) is 0 Å². The second-order valence-corrected chi connectivity index (χ2v) is 8.48. The highest BCUT2D eigenvalue weighted by atomic mass is 35.5. The van der Waals surface area contributed by atoms with Crippen molar-refractivity contribution in [2.24, 2.45) is 0 Å². The van der Waals surface area contributed by atoms with Crippen LogP contribution in [0, 0.1) is 0 Å². The van der Waals surface area contributed by atoms with Gasteiger partial charge in [0.25, 0.3) is 5.91 Å². The standard InChI is InChI=1S/C19H22ClNO4S/c1-4-18(14-8-10-17(11-9-14)26(3,23)24)21-19(22)13(2)25-16-7-5-6-15(20)12-16/h5-13,18H,4H2,1-3H3,(H,21,22)/t13-,18+/m1/s1. The molecular formula is C19H22ClNO4S. The molecule has 0 spiro atoms. The third-order valence-electron chi connectivity index (χ3n) is 3.91. The smallest absolute Gasteiger partial charge is 0.261 e. The predicted molar refractivity (Wildman–Crippen MR) is 102 cm³/mol. The second kappa shape index (κ2) is 8.56. The van der Waals surface area contributed by atoms with Crippen LogP contribution < -0.4 is 10.1 Å². The Morgan fingerprint density at radius 2 is 1.85 bits per heavy atom. The topological polar surface area (TPSA) is 72.5 Å². The number of amides is 1. The number of sulfone groups is 1. The molecule has 0 aromatic heterocycles. The average Bonchev–Trinajstić information content (AvgIpc) is 2.58. The highest BCUT2D eigenvalue weighted by molar-refractivity contribution is 7.90. The van der Waals surface area contributed by atoms with Crippen LogP contribution in [-0.4, -0.2) is 26.7 Å². The number of halogens is 1. The van der Waals surface area contributed by atoms with Crippen molar-refractivity contribution in [2.75, 3.05) is 6.26 Å². The molecule has 0 aliphatic heterocycles. The van der Waals surface area contributed by atoms with Crippen LogP contribution in [0.4, 0.5) is 0 Å². The van der Waals surface area contributed by atoms with Gasteiger partial charge in [-0.05, 0) is 49.2 Å². The Kier molecular flexibility index (Phi) is 6.67. The number of ether oxygens (including phenoxy) is 1. The maximum absolute atomic E-state index is 12.4. The summed E-state index contributed by atoms with van der Waals surface area (Å²) in [5.41, 5.74) is 0.836. The molecule has 0 radical (unpaired) electrons. The molecule has 0 aliphatic rings. The Bertz CT molecular complexity index is 865. The fourth-order valence-electron chi connectivity index (χ4n) is 2.46. The number of hydrogen-bond donors (Lipinski definition) is 1. The molecule has 0 fully saturated rings.